The van der Waals surface area contributed by atoms with Crippen LogP contribution in [0.1, 0.15) is 19.4 Å². The Bertz CT molecular complexity index is 731. The Hall–Kier alpha value is -1.97. The molecule has 1 aromatic rings. The Morgan fingerprint density at radius 2 is 1.81 bits per heavy atom. The number of likely N-dealkylation sites (N-methyl/N-ethyl adjacent to an activating group) is 1. The molecule has 1 saturated heterocycles. The number of carbonyl (C=O) groups excluding carboxylic acids is 2. The molecule has 9 heteroatoms. The fraction of sp³-hybridized carbons (Fsp3) is 0.556. The molecule has 1 aromatic carbocycles. The van der Waals surface area contributed by atoms with Gasteiger partial charge in [0.1, 0.15) is 6.04 Å². The average molecular weight is 398 g/mol. The largest absolute Gasteiger partial charge is 0.355 e. The third-order valence-electron chi connectivity index (χ3n) is 4.55. The summed E-state index contributed by atoms with van der Waals surface area (Å²) < 4.78 is 26.6. The summed E-state index contributed by atoms with van der Waals surface area (Å²) in [6.07, 6.45) is 0. The molecule has 0 saturated carbocycles. The van der Waals surface area contributed by atoms with Gasteiger partial charge < -0.3 is 15.5 Å². The lowest BCUT2D eigenvalue weighted by Crippen LogP contribution is -3.15. The van der Waals surface area contributed by atoms with E-state index in [0.29, 0.717) is 32.7 Å². The zero-order valence-corrected chi connectivity index (χ0v) is 16.7. The fourth-order valence-electron chi connectivity index (χ4n) is 3.05. The van der Waals surface area contributed by atoms with Gasteiger partial charge in [0.2, 0.25) is 15.9 Å². The Morgan fingerprint density at radius 3 is 2.41 bits per heavy atom. The number of quaternary nitrogens is 1. The SMILES string of the molecule is CCNC(=O)[C@@H](C)NC(=O)C[NH+]1CCN(S(=O)(=O)Cc2ccccc2)CC1. The van der Waals surface area contributed by atoms with Crippen molar-refractivity contribution in [2.75, 3.05) is 39.3 Å². The van der Waals surface area contributed by atoms with Crippen LogP contribution in [-0.4, -0.2) is 69.8 Å². The van der Waals surface area contributed by atoms with E-state index >= 15 is 0 Å². The van der Waals surface area contributed by atoms with E-state index < -0.39 is 16.1 Å². The van der Waals surface area contributed by atoms with E-state index in [0.717, 1.165) is 10.5 Å². The number of nitrogens with one attached hydrogen (secondary N) is 3. The van der Waals surface area contributed by atoms with Crippen molar-refractivity contribution in [3.05, 3.63) is 35.9 Å². The fourth-order valence-corrected chi connectivity index (χ4v) is 4.58. The van der Waals surface area contributed by atoms with Crippen molar-refractivity contribution in [1.29, 1.82) is 0 Å². The Labute approximate surface area is 161 Å². The lowest BCUT2D eigenvalue weighted by molar-refractivity contribution is -0.895. The first kappa shape index (κ1) is 21.3. The molecule has 1 fully saturated rings. The van der Waals surface area contributed by atoms with Crippen LogP contribution in [0.5, 0.6) is 0 Å². The van der Waals surface area contributed by atoms with Gasteiger partial charge in [0.05, 0.1) is 31.9 Å². The number of piperazine rings is 1. The maximum absolute atomic E-state index is 12.6. The van der Waals surface area contributed by atoms with Crippen LogP contribution in [-0.2, 0) is 25.4 Å². The van der Waals surface area contributed by atoms with Crippen molar-refractivity contribution in [3.63, 3.8) is 0 Å². The number of hydrogen-bond donors (Lipinski definition) is 3. The molecule has 150 valence electrons. The minimum atomic E-state index is -3.36. The molecule has 2 amide bonds. The Balaban J connectivity index is 1.79. The van der Waals surface area contributed by atoms with Crippen LogP contribution in [0.2, 0.25) is 0 Å². The predicted octanol–water partition coefficient (Wildman–Crippen LogP) is -1.64. The molecular formula is C18H29N4O4S+. The molecule has 0 unspecified atom stereocenters. The second-order valence-electron chi connectivity index (χ2n) is 6.75. The summed E-state index contributed by atoms with van der Waals surface area (Å²) in [6, 6.07) is 8.54. The molecule has 1 aliphatic rings. The summed E-state index contributed by atoms with van der Waals surface area (Å²) in [4.78, 5) is 24.8. The first-order valence-electron chi connectivity index (χ1n) is 9.24. The second kappa shape index (κ2) is 9.82. The minimum Gasteiger partial charge on any atom is -0.355 e. The quantitative estimate of drug-likeness (QED) is 0.490. The number of carbonyl (C=O) groups is 2. The molecule has 1 atom stereocenters. The van der Waals surface area contributed by atoms with Gasteiger partial charge in [-0.2, -0.15) is 4.31 Å². The van der Waals surface area contributed by atoms with Gasteiger partial charge in [-0.15, -0.1) is 0 Å². The second-order valence-corrected chi connectivity index (χ2v) is 8.72. The van der Waals surface area contributed by atoms with Crippen molar-refractivity contribution < 1.29 is 22.9 Å². The molecular weight excluding hydrogens is 368 g/mol. The van der Waals surface area contributed by atoms with E-state index in [1.165, 1.54) is 4.31 Å². The van der Waals surface area contributed by atoms with Gasteiger partial charge in [-0.3, -0.25) is 9.59 Å². The van der Waals surface area contributed by atoms with E-state index in [1.807, 2.05) is 25.1 Å². The van der Waals surface area contributed by atoms with E-state index in [2.05, 4.69) is 10.6 Å². The molecule has 0 aromatic heterocycles. The van der Waals surface area contributed by atoms with E-state index in [4.69, 9.17) is 0 Å². The van der Waals surface area contributed by atoms with E-state index in [9.17, 15) is 18.0 Å². The van der Waals surface area contributed by atoms with E-state index in [-0.39, 0.29) is 24.1 Å². The van der Waals surface area contributed by atoms with Gasteiger partial charge in [0.25, 0.3) is 5.91 Å². The Morgan fingerprint density at radius 1 is 1.19 bits per heavy atom. The summed E-state index contributed by atoms with van der Waals surface area (Å²) >= 11 is 0. The number of amides is 2. The van der Waals surface area contributed by atoms with Crippen LogP contribution in [0, 0.1) is 0 Å². The smallest absolute Gasteiger partial charge is 0.275 e. The third kappa shape index (κ3) is 6.60. The zero-order chi connectivity index (χ0) is 19.9. The molecule has 2 rings (SSSR count). The highest BCUT2D eigenvalue weighted by atomic mass is 32.2. The maximum Gasteiger partial charge on any atom is 0.275 e. The summed E-state index contributed by atoms with van der Waals surface area (Å²) in [6.45, 7) is 6.13. The topological polar surface area (TPSA) is 100 Å². The van der Waals surface area contributed by atoms with E-state index in [1.54, 1.807) is 19.1 Å². The summed E-state index contributed by atoms with van der Waals surface area (Å²) in [5, 5.41) is 5.35. The van der Waals surface area contributed by atoms with Crippen LogP contribution in [0.15, 0.2) is 30.3 Å². The normalized spacial score (nSPS) is 17.3. The van der Waals surface area contributed by atoms with Crippen molar-refractivity contribution in [2.45, 2.75) is 25.6 Å². The number of benzene rings is 1. The molecule has 0 radical (unpaired) electrons. The molecule has 0 bridgehead atoms. The number of nitrogens with zero attached hydrogens (tertiary/aromatic N) is 1. The van der Waals surface area contributed by atoms with Crippen molar-refractivity contribution in [2.24, 2.45) is 0 Å². The molecule has 0 spiro atoms. The number of sulfonamides is 1. The molecule has 3 N–H and O–H groups in total. The van der Waals surface area contributed by atoms with Crippen LogP contribution >= 0.6 is 0 Å². The molecule has 8 nitrogen and oxygen atoms in total. The van der Waals surface area contributed by atoms with Gasteiger partial charge in [-0.25, -0.2) is 8.42 Å². The van der Waals surface area contributed by atoms with Crippen molar-refractivity contribution in [3.8, 4) is 0 Å². The lowest BCUT2D eigenvalue weighted by Gasteiger charge is -2.31. The molecule has 1 heterocycles. The van der Waals surface area contributed by atoms with Gasteiger partial charge in [0.15, 0.2) is 6.54 Å². The first-order chi connectivity index (χ1) is 12.8. The molecule has 0 aliphatic carbocycles. The predicted molar refractivity (Wildman–Crippen MR) is 102 cm³/mol. The highest BCUT2D eigenvalue weighted by Gasteiger charge is 2.30. The average Bonchev–Trinajstić information content (AvgIpc) is 2.62. The highest BCUT2D eigenvalue weighted by molar-refractivity contribution is 7.88. The third-order valence-corrected chi connectivity index (χ3v) is 6.40. The van der Waals surface area contributed by atoms with Crippen LogP contribution in [0.25, 0.3) is 0 Å². The number of hydrogen-bond acceptors (Lipinski definition) is 4. The standard InChI is InChI=1S/C18H28N4O4S/c1-3-19-18(24)15(2)20-17(23)13-21-9-11-22(12-10-21)27(25,26)14-16-7-5-4-6-8-16/h4-8,15H,3,9-14H2,1-2H3,(H,19,24)(H,20,23)/p+1/t15-/m1/s1. The first-order valence-corrected chi connectivity index (χ1v) is 10.8. The lowest BCUT2D eigenvalue weighted by atomic mass is 10.2. The van der Waals surface area contributed by atoms with Crippen LogP contribution < -0.4 is 15.5 Å². The van der Waals surface area contributed by atoms with Crippen molar-refractivity contribution in [1.82, 2.24) is 14.9 Å². The van der Waals surface area contributed by atoms with Crippen molar-refractivity contribution >= 4 is 21.8 Å². The monoisotopic (exact) mass is 397 g/mol. The summed E-state index contributed by atoms with van der Waals surface area (Å²) in [5.41, 5.74) is 0.769. The number of rotatable bonds is 8. The van der Waals surface area contributed by atoms with Gasteiger partial charge in [0, 0.05) is 6.54 Å². The zero-order valence-electron chi connectivity index (χ0n) is 15.9. The van der Waals surface area contributed by atoms with Crippen LogP contribution in [0.3, 0.4) is 0 Å². The van der Waals surface area contributed by atoms with Gasteiger partial charge >= 0.3 is 0 Å². The van der Waals surface area contributed by atoms with Gasteiger partial charge in [-0.1, -0.05) is 30.3 Å². The molecule has 1 aliphatic heterocycles. The summed E-state index contributed by atoms with van der Waals surface area (Å²) in [5.74, 6) is -0.421. The Kier molecular flexibility index (Phi) is 7.76. The van der Waals surface area contributed by atoms with Gasteiger partial charge in [-0.05, 0) is 19.4 Å². The summed E-state index contributed by atoms with van der Waals surface area (Å²) in [7, 11) is -3.36. The minimum absolute atomic E-state index is 0.00624. The highest BCUT2D eigenvalue weighted by Crippen LogP contribution is 2.10. The van der Waals surface area contributed by atoms with Crippen LogP contribution in [0.4, 0.5) is 0 Å². The molecule has 27 heavy (non-hydrogen) atoms. The maximum atomic E-state index is 12.6.